The first-order chi connectivity index (χ1) is 9.60. The lowest BCUT2D eigenvalue weighted by atomic mass is 10.2. The first kappa shape index (κ1) is 13.4. The molecule has 4 nitrogen and oxygen atoms in total. The van der Waals surface area contributed by atoms with E-state index in [1.807, 2.05) is 11.4 Å². The molecule has 20 heavy (non-hydrogen) atoms. The van der Waals surface area contributed by atoms with Gasteiger partial charge in [0, 0.05) is 10.4 Å². The van der Waals surface area contributed by atoms with E-state index in [9.17, 15) is 0 Å². The van der Waals surface area contributed by atoms with E-state index in [0.29, 0.717) is 38.3 Å². The SMILES string of the molecule is COc1ccsc1-c1nc(N)c2cc(Cl)cc(Cl)c2n1. The fourth-order valence-electron chi connectivity index (χ4n) is 1.90. The molecule has 102 valence electrons. The zero-order chi connectivity index (χ0) is 14.3. The van der Waals surface area contributed by atoms with Crippen LogP contribution in [0.4, 0.5) is 5.82 Å². The first-order valence-electron chi connectivity index (χ1n) is 5.64. The van der Waals surface area contributed by atoms with Crippen molar-refractivity contribution in [2.75, 3.05) is 12.8 Å². The molecule has 0 unspecified atom stereocenters. The Morgan fingerprint density at radius 3 is 2.80 bits per heavy atom. The van der Waals surface area contributed by atoms with E-state index in [4.69, 9.17) is 33.7 Å². The van der Waals surface area contributed by atoms with E-state index in [1.54, 1.807) is 19.2 Å². The van der Waals surface area contributed by atoms with Crippen molar-refractivity contribution in [3.63, 3.8) is 0 Å². The van der Waals surface area contributed by atoms with Crippen LogP contribution in [0.5, 0.6) is 5.75 Å². The molecule has 3 aromatic rings. The molecule has 2 heterocycles. The summed E-state index contributed by atoms with van der Waals surface area (Å²) < 4.78 is 5.28. The summed E-state index contributed by atoms with van der Waals surface area (Å²) in [6.45, 7) is 0. The van der Waals surface area contributed by atoms with Crippen molar-refractivity contribution in [2.45, 2.75) is 0 Å². The summed E-state index contributed by atoms with van der Waals surface area (Å²) in [4.78, 5) is 9.60. The molecule has 1 aromatic carbocycles. The molecular formula is C13H9Cl2N3OS. The Morgan fingerprint density at radius 1 is 1.25 bits per heavy atom. The number of aromatic nitrogens is 2. The minimum absolute atomic E-state index is 0.338. The Balaban J connectivity index is 2.30. The van der Waals surface area contributed by atoms with Crippen LogP contribution in [0.1, 0.15) is 0 Å². The van der Waals surface area contributed by atoms with E-state index in [0.717, 1.165) is 4.88 Å². The average molecular weight is 326 g/mol. The minimum Gasteiger partial charge on any atom is -0.495 e. The summed E-state index contributed by atoms with van der Waals surface area (Å²) in [6, 6.07) is 5.19. The summed E-state index contributed by atoms with van der Waals surface area (Å²) in [5.41, 5.74) is 6.57. The number of nitrogens with zero attached hydrogens (tertiary/aromatic N) is 2. The van der Waals surface area contributed by atoms with Crippen molar-refractivity contribution >= 4 is 51.3 Å². The third-order valence-corrected chi connectivity index (χ3v) is 4.20. The van der Waals surface area contributed by atoms with Gasteiger partial charge in [0.1, 0.15) is 16.4 Å². The summed E-state index contributed by atoms with van der Waals surface area (Å²) in [5, 5.41) is 3.49. The second-order valence-electron chi connectivity index (χ2n) is 4.03. The number of ether oxygens (including phenoxy) is 1. The molecule has 3 rings (SSSR count). The smallest absolute Gasteiger partial charge is 0.176 e. The van der Waals surface area contributed by atoms with Crippen molar-refractivity contribution in [3.05, 3.63) is 33.6 Å². The zero-order valence-electron chi connectivity index (χ0n) is 10.4. The quantitative estimate of drug-likeness (QED) is 0.764. The van der Waals surface area contributed by atoms with Crippen molar-refractivity contribution in [2.24, 2.45) is 0 Å². The number of nitrogens with two attached hydrogens (primary N) is 1. The average Bonchev–Trinajstić information content (AvgIpc) is 2.88. The number of nitrogen functional groups attached to an aromatic ring is 1. The largest absolute Gasteiger partial charge is 0.495 e. The number of rotatable bonds is 2. The summed E-state index contributed by atoms with van der Waals surface area (Å²) in [5.74, 6) is 1.54. The van der Waals surface area contributed by atoms with Crippen LogP contribution in [0.25, 0.3) is 21.6 Å². The normalized spacial score (nSPS) is 10.9. The van der Waals surface area contributed by atoms with Crippen molar-refractivity contribution < 1.29 is 4.74 Å². The Bertz CT molecular complexity index is 804. The number of thiophene rings is 1. The van der Waals surface area contributed by atoms with Crippen LogP contribution in [0, 0.1) is 0 Å². The Hall–Kier alpha value is -1.56. The monoisotopic (exact) mass is 325 g/mol. The molecule has 2 aromatic heterocycles. The van der Waals surface area contributed by atoms with Gasteiger partial charge in [-0.25, -0.2) is 9.97 Å². The topological polar surface area (TPSA) is 61.0 Å². The van der Waals surface area contributed by atoms with E-state index in [1.165, 1.54) is 11.3 Å². The molecule has 0 aliphatic rings. The van der Waals surface area contributed by atoms with Crippen LogP contribution in [0.2, 0.25) is 10.0 Å². The fourth-order valence-corrected chi connectivity index (χ4v) is 3.23. The lowest BCUT2D eigenvalue weighted by Crippen LogP contribution is -1.98. The summed E-state index contributed by atoms with van der Waals surface area (Å²) in [6.07, 6.45) is 0. The van der Waals surface area contributed by atoms with Crippen LogP contribution in [-0.4, -0.2) is 17.1 Å². The van der Waals surface area contributed by atoms with E-state index >= 15 is 0 Å². The van der Waals surface area contributed by atoms with Gasteiger partial charge in [0.25, 0.3) is 0 Å². The Morgan fingerprint density at radius 2 is 2.05 bits per heavy atom. The zero-order valence-corrected chi connectivity index (χ0v) is 12.7. The van der Waals surface area contributed by atoms with Gasteiger partial charge in [0.2, 0.25) is 0 Å². The lowest BCUT2D eigenvalue weighted by Gasteiger charge is -2.07. The second kappa shape index (κ2) is 5.09. The molecule has 0 spiro atoms. The van der Waals surface area contributed by atoms with E-state index in [2.05, 4.69) is 9.97 Å². The number of fused-ring (bicyclic) bond motifs is 1. The lowest BCUT2D eigenvalue weighted by molar-refractivity contribution is 0.418. The van der Waals surface area contributed by atoms with Gasteiger partial charge in [-0.15, -0.1) is 11.3 Å². The van der Waals surface area contributed by atoms with Crippen molar-refractivity contribution in [1.29, 1.82) is 0 Å². The first-order valence-corrected chi connectivity index (χ1v) is 7.28. The van der Waals surface area contributed by atoms with Gasteiger partial charge in [0.15, 0.2) is 5.82 Å². The molecule has 0 fully saturated rings. The predicted octanol–water partition coefficient (Wildman–Crippen LogP) is 4.26. The van der Waals surface area contributed by atoms with Gasteiger partial charge in [-0.05, 0) is 23.6 Å². The van der Waals surface area contributed by atoms with Crippen LogP contribution >= 0.6 is 34.5 Å². The van der Waals surface area contributed by atoms with E-state index < -0.39 is 0 Å². The molecule has 0 radical (unpaired) electrons. The summed E-state index contributed by atoms with van der Waals surface area (Å²) in [7, 11) is 1.60. The van der Waals surface area contributed by atoms with Crippen LogP contribution < -0.4 is 10.5 Å². The number of halogens is 2. The number of methoxy groups -OCH3 is 1. The van der Waals surface area contributed by atoms with Crippen LogP contribution in [0.3, 0.4) is 0 Å². The fraction of sp³-hybridized carbons (Fsp3) is 0.0769. The maximum atomic E-state index is 6.18. The maximum Gasteiger partial charge on any atom is 0.176 e. The summed E-state index contributed by atoms with van der Waals surface area (Å²) >= 11 is 13.6. The highest BCUT2D eigenvalue weighted by Gasteiger charge is 2.15. The second-order valence-corrected chi connectivity index (χ2v) is 5.79. The van der Waals surface area contributed by atoms with Gasteiger partial charge in [-0.1, -0.05) is 23.2 Å². The Labute approximate surface area is 129 Å². The standard InChI is InChI=1S/C13H9Cl2N3OS/c1-19-9-2-3-20-11(9)13-17-10-7(12(16)18-13)4-6(14)5-8(10)15/h2-5H,1H3,(H2,16,17,18). The molecule has 2 N–H and O–H groups in total. The third-order valence-electron chi connectivity index (χ3n) is 2.80. The van der Waals surface area contributed by atoms with Gasteiger partial charge in [-0.2, -0.15) is 0 Å². The maximum absolute atomic E-state index is 6.18. The molecular weight excluding hydrogens is 317 g/mol. The molecule has 7 heteroatoms. The highest BCUT2D eigenvalue weighted by molar-refractivity contribution is 7.13. The number of anilines is 1. The van der Waals surface area contributed by atoms with Gasteiger partial charge >= 0.3 is 0 Å². The number of benzene rings is 1. The number of hydrogen-bond donors (Lipinski definition) is 1. The molecule has 0 saturated carbocycles. The molecule has 0 bridgehead atoms. The van der Waals surface area contributed by atoms with Crippen LogP contribution in [0.15, 0.2) is 23.6 Å². The molecule has 0 atom stereocenters. The van der Waals surface area contributed by atoms with Gasteiger partial charge in [-0.3, -0.25) is 0 Å². The van der Waals surface area contributed by atoms with Crippen molar-refractivity contribution in [3.8, 4) is 16.5 Å². The van der Waals surface area contributed by atoms with Gasteiger partial charge in [0.05, 0.1) is 17.6 Å². The number of hydrogen-bond acceptors (Lipinski definition) is 5. The molecule has 0 saturated heterocycles. The highest BCUT2D eigenvalue weighted by Crippen LogP contribution is 2.36. The Kier molecular flexibility index (Phi) is 3.41. The van der Waals surface area contributed by atoms with Crippen LogP contribution in [-0.2, 0) is 0 Å². The highest BCUT2D eigenvalue weighted by atomic mass is 35.5. The molecule has 0 amide bonds. The molecule has 0 aliphatic heterocycles. The van der Waals surface area contributed by atoms with Gasteiger partial charge < -0.3 is 10.5 Å². The third kappa shape index (κ3) is 2.18. The van der Waals surface area contributed by atoms with E-state index in [-0.39, 0.29) is 0 Å². The minimum atomic E-state index is 0.338. The molecule has 0 aliphatic carbocycles. The predicted molar refractivity (Wildman–Crippen MR) is 83.8 cm³/mol. The van der Waals surface area contributed by atoms with Crippen molar-refractivity contribution in [1.82, 2.24) is 9.97 Å².